The Balaban J connectivity index is 2.51. The van der Waals surface area contributed by atoms with E-state index in [9.17, 15) is 4.79 Å². The summed E-state index contributed by atoms with van der Waals surface area (Å²) >= 11 is 0. The van der Waals surface area contributed by atoms with E-state index >= 15 is 0 Å². The summed E-state index contributed by atoms with van der Waals surface area (Å²) < 4.78 is 0. The highest BCUT2D eigenvalue weighted by Gasteiger charge is 2.35. The lowest BCUT2D eigenvalue weighted by atomic mass is 10.4. The summed E-state index contributed by atoms with van der Waals surface area (Å²) in [4.78, 5) is 10.4. The highest BCUT2D eigenvalue weighted by Crippen LogP contribution is 2.17. The van der Waals surface area contributed by atoms with Gasteiger partial charge in [-0.25, -0.2) is 0 Å². The molecule has 0 spiro atoms. The fourth-order valence-electron chi connectivity index (χ4n) is 1.27. The van der Waals surface area contributed by atoms with Gasteiger partial charge >= 0.3 is 5.97 Å². The standard InChI is InChI=1S/C6H13NO2Si/c1-10(2)3-5(6(8)9)7-4-10/h5,7H,3-4H2,1-2H3,(H,8,9)/t5-/m1/s1. The van der Waals surface area contributed by atoms with Crippen LogP contribution in [0, 0.1) is 0 Å². The van der Waals surface area contributed by atoms with E-state index in [4.69, 9.17) is 5.11 Å². The molecule has 0 saturated carbocycles. The van der Waals surface area contributed by atoms with Crippen LogP contribution in [-0.4, -0.2) is 31.4 Å². The van der Waals surface area contributed by atoms with Crippen molar-refractivity contribution in [2.24, 2.45) is 0 Å². The SMILES string of the molecule is C[Si]1(C)CN[C@@H](C(=O)O)C1. The zero-order chi connectivity index (χ0) is 7.78. The number of carbonyl (C=O) groups is 1. The van der Waals surface area contributed by atoms with Gasteiger partial charge in [0.25, 0.3) is 0 Å². The van der Waals surface area contributed by atoms with Crippen molar-refractivity contribution in [3.8, 4) is 0 Å². The first kappa shape index (κ1) is 7.75. The number of carboxylic acid groups (broad SMARTS) is 1. The Morgan fingerprint density at radius 2 is 2.30 bits per heavy atom. The van der Waals surface area contributed by atoms with Gasteiger partial charge < -0.3 is 10.4 Å². The van der Waals surface area contributed by atoms with Crippen LogP contribution in [0.2, 0.25) is 19.1 Å². The lowest BCUT2D eigenvalue weighted by Crippen LogP contribution is -2.30. The molecule has 2 N–H and O–H groups in total. The third-order valence-corrected chi connectivity index (χ3v) is 4.56. The third kappa shape index (κ3) is 1.57. The van der Waals surface area contributed by atoms with Gasteiger partial charge in [0.1, 0.15) is 6.04 Å². The van der Waals surface area contributed by atoms with Gasteiger partial charge in [-0.2, -0.15) is 0 Å². The minimum atomic E-state index is -1.16. The molecule has 1 heterocycles. The van der Waals surface area contributed by atoms with Crippen LogP contribution in [0.4, 0.5) is 0 Å². The number of hydrogen-bond donors (Lipinski definition) is 2. The molecular formula is C6H13NO2Si. The van der Waals surface area contributed by atoms with Crippen molar-refractivity contribution in [3.63, 3.8) is 0 Å². The summed E-state index contributed by atoms with van der Waals surface area (Å²) in [7, 11) is -1.16. The lowest BCUT2D eigenvalue weighted by molar-refractivity contribution is -0.138. The molecule has 0 aromatic carbocycles. The van der Waals surface area contributed by atoms with Crippen molar-refractivity contribution < 1.29 is 9.90 Å². The molecule has 1 aliphatic heterocycles. The van der Waals surface area contributed by atoms with Crippen LogP contribution in [0.5, 0.6) is 0 Å². The number of carboxylic acids is 1. The van der Waals surface area contributed by atoms with Gasteiger partial charge in [-0.15, -0.1) is 0 Å². The predicted octanol–water partition coefficient (Wildman–Crippen LogP) is 0.290. The first-order valence-electron chi connectivity index (χ1n) is 3.47. The van der Waals surface area contributed by atoms with Crippen LogP contribution in [0.15, 0.2) is 0 Å². The van der Waals surface area contributed by atoms with E-state index in [-0.39, 0.29) is 6.04 Å². The van der Waals surface area contributed by atoms with E-state index in [2.05, 4.69) is 18.4 Å². The Labute approximate surface area is 61.4 Å². The second-order valence-electron chi connectivity index (χ2n) is 3.64. The molecular weight excluding hydrogens is 146 g/mol. The van der Waals surface area contributed by atoms with Gasteiger partial charge in [-0.3, -0.25) is 4.79 Å². The molecule has 0 amide bonds. The van der Waals surface area contributed by atoms with Crippen LogP contribution in [0.3, 0.4) is 0 Å². The molecule has 0 aliphatic carbocycles. The van der Waals surface area contributed by atoms with E-state index in [0.29, 0.717) is 0 Å². The minimum absolute atomic E-state index is 0.262. The summed E-state index contributed by atoms with van der Waals surface area (Å²) in [5, 5.41) is 11.6. The van der Waals surface area contributed by atoms with Crippen molar-refractivity contribution in [2.75, 3.05) is 6.17 Å². The molecule has 1 saturated heterocycles. The zero-order valence-electron chi connectivity index (χ0n) is 6.35. The summed E-state index contributed by atoms with van der Waals surface area (Å²) in [6, 6.07) is 0.615. The van der Waals surface area contributed by atoms with E-state index in [1.807, 2.05) is 0 Å². The topological polar surface area (TPSA) is 49.3 Å². The fraction of sp³-hybridized carbons (Fsp3) is 0.833. The molecule has 10 heavy (non-hydrogen) atoms. The van der Waals surface area contributed by atoms with Crippen LogP contribution >= 0.6 is 0 Å². The normalized spacial score (nSPS) is 30.4. The Morgan fingerprint density at radius 3 is 2.50 bits per heavy atom. The second kappa shape index (κ2) is 2.36. The maximum absolute atomic E-state index is 10.4. The molecule has 1 rings (SSSR count). The smallest absolute Gasteiger partial charge is 0.320 e. The predicted molar refractivity (Wildman–Crippen MR) is 41.7 cm³/mol. The maximum atomic E-state index is 10.4. The van der Waals surface area contributed by atoms with Crippen LogP contribution in [0.1, 0.15) is 0 Å². The van der Waals surface area contributed by atoms with Crippen molar-refractivity contribution in [1.29, 1.82) is 0 Å². The minimum Gasteiger partial charge on any atom is -0.480 e. The van der Waals surface area contributed by atoms with E-state index in [1.54, 1.807) is 0 Å². The van der Waals surface area contributed by atoms with Crippen LogP contribution in [0.25, 0.3) is 0 Å². The number of hydrogen-bond acceptors (Lipinski definition) is 2. The molecule has 3 nitrogen and oxygen atoms in total. The Bertz CT molecular complexity index is 158. The average Bonchev–Trinajstić information content (AvgIpc) is 2.10. The third-order valence-electron chi connectivity index (χ3n) is 1.88. The molecule has 4 heteroatoms. The van der Waals surface area contributed by atoms with Crippen LogP contribution in [-0.2, 0) is 4.79 Å². The van der Waals surface area contributed by atoms with Crippen molar-refractivity contribution in [3.05, 3.63) is 0 Å². The fourth-order valence-corrected chi connectivity index (χ4v) is 3.64. The zero-order valence-corrected chi connectivity index (χ0v) is 7.35. The monoisotopic (exact) mass is 159 g/mol. The molecule has 1 aliphatic rings. The maximum Gasteiger partial charge on any atom is 0.320 e. The van der Waals surface area contributed by atoms with E-state index in [0.717, 1.165) is 12.2 Å². The first-order chi connectivity index (χ1) is 4.51. The molecule has 0 unspecified atom stereocenters. The van der Waals surface area contributed by atoms with Gasteiger partial charge in [-0.05, 0) is 12.2 Å². The molecule has 0 radical (unpaired) electrons. The van der Waals surface area contributed by atoms with Gasteiger partial charge in [0.2, 0.25) is 0 Å². The Hall–Kier alpha value is -0.353. The lowest BCUT2D eigenvalue weighted by Gasteiger charge is -2.10. The second-order valence-corrected chi connectivity index (χ2v) is 8.73. The Kier molecular flexibility index (Phi) is 1.83. The van der Waals surface area contributed by atoms with Gasteiger partial charge in [0.15, 0.2) is 0 Å². The van der Waals surface area contributed by atoms with Gasteiger partial charge in [0.05, 0.1) is 8.07 Å². The number of nitrogens with one attached hydrogen (secondary N) is 1. The average molecular weight is 159 g/mol. The molecule has 1 fully saturated rings. The summed E-state index contributed by atoms with van der Waals surface area (Å²) in [6.07, 6.45) is 0.948. The van der Waals surface area contributed by atoms with Gasteiger partial charge in [-0.1, -0.05) is 13.1 Å². The summed E-state index contributed by atoms with van der Waals surface area (Å²) in [5.74, 6) is -0.696. The van der Waals surface area contributed by atoms with Crippen molar-refractivity contribution in [1.82, 2.24) is 5.32 Å². The number of aliphatic carboxylic acids is 1. The largest absolute Gasteiger partial charge is 0.480 e. The Morgan fingerprint density at radius 1 is 1.70 bits per heavy atom. The molecule has 1 atom stereocenters. The van der Waals surface area contributed by atoms with Gasteiger partial charge in [0, 0.05) is 0 Å². The number of rotatable bonds is 1. The molecule has 0 aromatic rings. The van der Waals surface area contributed by atoms with Crippen molar-refractivity contribution >= 4 is 14.0 Å². The summed E-state index contributed by atoms with van der Waals surface area (Å²) in [6.45, 7) is 4.42. The molecule has 0 bridgehead atoms. The van der Waals surface area contributed by atoms with E-state index < -0.39 is 14.0 Å². The summed E-state index contributed by atoms with van der Waals surface area (Å²) in [5.41, 5.74) is 0. The van der Waals surface area contributed by atoms with E-state index in [1.165, 1.54) is 0 Å². The highest BCUT2D eigenvalue weighted by molar-refractivity contribution is 6.78. The molecule has 58 valence electrons. The van der Waals surface area contributed by atoms with Crippen molar-refractivity contribution in [2.45, 2.75) is 25.2 Å². The first-order valence-corrected chi connectivity index (χ1v) is 6.89. The van der Waals surface area contributed by atoms with Crippen LogP contribution < -0.4 is 5.32 Å². The highest BCUT2D eigenvalue weighted by atomic mass is 28.3. The quantitative estimate of drug-likeness (QED) is 0.541. The molecule has 0 aromatic heterocycles.